The minimum Gasteiger partial charge on any atom is -0.387 e. The zero-order valence-electron chi connectivity index (χ0n) is 12.0. The molecule has 1 aliphatic carbocycles. The molecule has 1 aromatic carbocycles. The zero-order chi connectivity index (χ0) is 14.2. The first-order chi connectivity index (χ1) is 10.3. The summed E-state index contributed by atoms with van der Waals surface area (Å²) in [5.41, 5.74) is 4.08. The van der Waals surface area contributed by atoms with E-state index in [9.17, 15) is 5.11 Å². The van der Waals surface area contributed by atoms with Gasteiger partial charge in [-0.2, -0.15) is 0 Å². The van der Waals surface area contributed by atoms with Gasteiger partial charge in [-0.15, -0.1) is 11.3 Å². The van der Waals surface area contributed by atoms with Gasteiger partial charge in [0.2, 0.25) is 0 Å². The van der Waals surface area contributed by atoms with Crippen molar-refractivity contribution in [1.29, 1.82) is 0 Å². The van der Waals surface area contributed by atoms with E-state index in [0.717, 1.165) is 17.9 Å². The molecule has 0 fully saturated rings. The van der Waals surface area contributed by atoms with Crippen LogP contribution >= 0.6 is 11.3 Å². The molecule has 2 nitrogen and oxygen atoms in total. The lowest BCUT2D eigenvalue weighted by Crippen LogP contribution is -2.18. The minimum absolute atomic E-state index is 0.0295. The quantitative estimate of drug-likeness (QED) is 0.929. The van der Waals surface area contributed by atoms with Crippen molar-refractivity contribution in [2.75, 3.05) is 6.61 Å². The smallest absolute Gasteiger partial charge is 0.0910 e. The molecular formula is C18H20O2S. The van der Waals surface area contributed by atoms with Gasteiger partial charge in [-0.3, -0.25) is 0 Å². The predicted molar refractivity (Wildman–Crippen MR) is 84.8 cm³/mol. The second-order valence-electron chi connectivity index (χ2n) is 6.01. The van der Waals surface area contributed by atoms with Crippen molar-refractivity contribution in [2.45, 2.75) is 44.3 Å². The average molecular weight is 300 g/mol. The van der Waals surface area contributed by atoms with Gasteiger partial charge in [-0.1, -0.05) is 24.3 Å². The van der Waals surface area contributed by atoms with Crippen LogP contribution in [0.1, 0.15) is 51.5 Å². The Labute approximate surface area is 129 Å². The summed E-state index contributed by atoms with van der Waals surface area (Å²) in [5, 5.41) is 10.6. The molecule has 0 saturated carbocycles. The standard InChI is InChI=1S/C18H20O2S/c19-15(18-10-13-5-3-7-17(13)21-18)11-16-14-6-2-1-4-12(14)8-9-20-16/h1-2,4,6,10,15-16,19H,3,5,7-9,11H2. The fourth-order valence-electron chi connectivity index (χ4n) is 3.51. The van der Waals surface area contributed by atoms with Crippen LogP contribution in [0, 0.1) is 0 Å². The average Bonchev–Trinajstić information content (AvgIpc) is 3.09. The van der Waals surface area contributed by atoms with Gasteiger partial charge in [-0.25, -0.2) is 0 Å². The number of rotatable bonds is 3. The lowest BCUT2D eigenvalue weighted by Gasteiger charge is -2.27. The summed E-state index contributed by atoms with van der Waals surface area (Å²) in [6, 6.07) is 10.7. The van der Waals surface area contributed by atoms with Crippen LogP contribution in [0.25, 0.3) is 0 Å². The predicted octanol–water partition coefficient (Wildman–Crippen LogP) is 3.97. The van der Waals surface area contributed by atoms with Gasteiger partial charge in [0, 0.05) is 16.2 Å². The first kappa shape index (κ1) is 13.5. The molecule has 21 heavy (non-hydrogen) atoms. The first-order valence-corrected chi connectivity index (χ1v) is 8.62. The van der Waals surface area contributed by atoms with E-state index in [4.69, 9.17) is 4.74 Å². The fourth-order valence-corrected chi connectivity index (χ4v) is 4.76. The van der Waals surface area contributed by atoms with Crippen molar-refractivity contribution >= 4 is 11.3 Å². The van der Waals surface area contributed by atoms with Crippen molar-refractivity contribution in [3.05, 3.63) is 56.8 Å². The van der Waals surface area contributed by atoms with Crippen LogP contribution in [-0.2, 0) is 24.0 Å². The lowest BCUT2D eigenvalue weighted by atomic mass is 9.94. The van der Waals surface area contributed by atoms with E-state index in [1.54, 1.807) is 11.3 Å². The maximum Gasteiger partial charge on any atom is 0.0910 e. The molecule has 1 N–H and O–H groups in total. The van der Waals surface area contributed by atoms with Crippen molar-refractivity contribution in [2.24, 2.45) is 0 Å². The van der Waals surface area contributed by atoms with E-state index in [2.05, 4.69) is 30.3 Å². The van der Waals surface area contributed by atoms with Crippen LogP contribution in [0.4, 0.5) is 0 Å². The third-order valence-corrected chi connectivity index (χ3v) is 5.96. The number of fused-ring (bicyclic) bond motifs is 2. The van der Waals surface area contributed by atoms with Gasteiger partial charge in [0.05, 0.1) is 18.8 Å². The number of thiophene rings is 1. The summed E-state index contributed by atoms with van der Waals surface area (Å²) < 4.78 is 5.92. The van der Waals surface area contributed by atoms with Crippen molar-refractivity contribution in [1.82, 2.24) is 0 Å². The molecule has 1 aromatic heterocycles. The topological polar surface area (TPSA) is 29.5 Å². The second-order valence-corrected chi connectivity index (χ2v) is 7.18. The first-order valence-electron chi connectivity index (χ1n) is 7.80. The highest BCUT2D eigenvalue weighted by Crippen LogP contribution is 2.39. The molecule has 4 rings (SSSR count). The summed E-state index contributed by atoms with van der Waals surface area (Å²) in [6.07, 6.45) is 4.92. The number of aliphatic hydroxyl groups excluding tert-OH is 1. The van der Waals surface area contributed by atoms with E-state index >= 15 is 0 Å². The molecule has 0 saturated heterocycles. The maximum absolute atomic E-state index is 10.6. The molecule has 0 radical (unpaired) electrons. The Morgan fingerprint density at radius 3 is 3.00 bits per heavy atom. The Balaban J connectivity index is 1.53. The van der Waals surface area contributed by atoms with Crippen LogP contribution < -0.4 is 0 Å². The van der Waals surface area contributed by atoms with E-state index in [1.807, 2.05) is 0 Å². The van der Waals surface area contributed by atoms with Crippen LogP contribution in [0.15, 0.2) is 30.3 Å². The molecule has 110 valence electrons. The van der Waals surface area contributed by atoms with E-state index in [1.165, 1.54) is 40.8 Å². The van der Waals surface area contributed by atoms with Crippen molar-refractivity contribution in [3.63, 3.8) is 0 Å². The summed E-state index contributed by atoms with van der Waals surface area (Å²) in [4.78, 5) is 2.60. The second kappa shape index (κ2) is 5.56. The highest BCUT2D eigenvalue weighted by molar-refractivity contribution is 7.12. The molecule has 1 aliphatic heterocycles. The summed E-state index contributed by atoms with van der Waals surface area (Å²) in [6.45, 7) is 0.759. The highest BCUT2D eigenvalue weighted by Gasteiger charge is 2.26. The maximum atomic E-state index is 10.6. The lowest BCUT2D eigenvalue weighted by molar-refractivity contribution is 0.00456. The molecule has 2 unspecified atom stereocenters. The highest BCUT2D eigenvalue weighted by atomic mass is 32.1. The van der Waals surface area contributed by atoms with Gasteiger partial charge in [0.25, 0.3) is 0 Å². The van der Waals surface area contributed by atoms with E-state index < -0.39 is 6.10 Å². The third-order valence-electron chi connectivity index (χ3n) is 4.62. The largest absolute Gasteiger partial charge is 0.387 e. The zero-order valence-corrected chi connectivity index (χ0v) is 12.9. The van der Waals surface area contributed by atoms with Gasteiger partial charge in [-0.05, 0) is 48.4 Å². The number of aryl methyl sites for hydroxylation is 2. The number of hydrogen-bond donors (Lipinski definition) is 1. The number of ether oxygens (including phenoxy) is 1. The molecular weight excluding hydrogens is 280 g/mol. The molecule has 2 heterocycles. The molecule has 0 amide bonds. The van der Waals surface area contributed by atoms with Gasteiger partial charge >= 0.3 is 0 Å². The van der Waals surface area contributed by atoms with Crippen molar-refractivity contribution in [3.8, 4) is 0 Å². The Hall–Kier alpha value is -1.16. The van der Waals surface area contributed by atoms with Gasteiger partial charge < -0.3 is 9.84 Å². The molecule has 0 bridgehead atoms. The van der Waals surface area contributed by atoms with E-state index in [0.29, 0.717) is 6.42 Å². The van der Waals surface area contributed by atoms with Crippen molar-refractivity contribution < 1.29 is 9.84 Å². The summed E-state index contributed by atoms with van der Waals surface area (Å²) >= 11 is 1.79. The van der Waals surface area contributed by atoms with Gasteiger partial charge in [0.15, 0.2) is 0 Å². The number of benzene rings is 1. The number of hydrogen-bond acceptors (Lipinski definition) is 3. The third kappa shape index (κ3) is 2.54. The fraction of sp³-hybridized carbons (Fsp3) is 0.444. The number of aliphatic hydroxyl groups is 1. The molecule has 2 aromatic rings. The summed E-state index contributed by atoms with van der Waals surface area (Å²) in [7, 11) is 0. The Kier molecular flexibility index (Phi) is 3.57. The summed E-state index contributed by atoms with van der Waals surface area (Å²) in [5.74, 6) is 0. The SMILES string of the molecule is OC(CC1OCCc2ccccc21)c1cc2c(s1)CCC2. The van der Waals surface area contributed by atoms with Crippen LogP contribution in [0.2, 0.25) is 0 Å². The van der Waals surface area contributed by atoms with Gasteiger partial charge in [0.1, 0.15) is 0 Å². The van der Waals surface area contributed by atoms with Crippen LogP contribution in [-0.4, -0.2) is 11.7 Å². The minimum atomic E-state index is -0.406. The Morgan fingerprint density at radius 2 is 2.10 bits per heavy atom. The Bertz CT molecular complexity index is 625. The normalized spacial score (nSPS) is 21.9. The molecule has 2 atom stereocenters. The molecule has 3 heteroatoms. The molecule has 0 spiro atoms. The van der Waals surface area contributed by atoms with Crippen LogP contribution in [0.5, 0.6) is 0 Å². The van der Waals surface area contributed by atoms with Crippen LogP contribution in [0.3, 0.4) is 0 Å². The Morgan fingerprint density at radius 1 is 1.19 bits per heavy atom. The monoisotopic (exact) mass is 300 g/mol. The molecule has 2 aliphatic rings. The van der Waals surface area contributed by atoms with E-state index in [-0.39, 0.29) is 6.10 Å².